The molecule has 2 aromatic carbocycles. The molecular weight excluding hydrogens is 229 g/mol. The maximum atomic E-state index is 13.1. The molecule has 0 aliphatic heterocycles. The van der Waals surface area contributed by atoms with Crippen molar-refractivity contribution in [3.63, 3.8) is 0 Å². The van der Waals surface area contributed by atoms with Gasteiger partial charge in [0.1, 0.15) is 11.7 Å². The van der Waals surface area contributed by atoms with Gasteiger partial charge in [0.25, 0.3) is 0 Å². The first kappa shape index (κ1) is 12.3. The van der Waals surface area contributed by atoms with Gasteiger partial charge in [0.2, 0.25) is 0 Å². The second-order valence-corrected chi connectivity index (χ2v) is 3.85. The summed E-state index contributed by atoms with van der Waals surface area (Å²) in [6.07, 6.45) is 0.461. The van der Waals surface area contributed by atoms with Crippen molar-refractivity contribution in [2.45, 2.75) is 6.42 Å². The normalized spacial score (nSPS) is 11.3. The van der Waals surface area contributed by atoms with Gasteiger partial charge in [0.15, 0.2) is 0 Å². The van der Waals surface area contributed by atoms with Gasteiger partial charge in [0.05, 0.1) is 5.69 Å². The third-order valence-electron chi connectivity index (χ3n) is 2.45. The second-order valence-electron chi connectivity index (χ2n) is 3.85. The highest BCUT2D eigenvalue weighted by Gasteiger charge is 2.01. The highest BCUT2D eigenvalue weighted by atomic mass is 19.1. The standard InChI is InChI=1S/C14H14FN3/c15-12-6-4-5-11(9-12)10-14(18-16)17-13-7-2-1-3-8-13/h1-9H,10,16H2,(H,17,18). The fourth-order valence-corrected chi connectivity index (χ4v) is 1.62. The summed E-state index contributed by atoms with van der Waals surface area (Å²) in [6.45, 7) is 0. The first-order chi connectivity index (χ1) is 8.78. The Bertz CT molecular complexity index is 538. The predicted molar refractivity (Wildman–Crippen MR) is 71.0 cm³/mol. The highest BCUT2D eigenvalue weighted by molar-refractivity contribution is 5.86. The molecule has 92 valence electrons. The molecule has 2 rings (SSSR count). The monoisotopic (exact) mass is 243 g/mol. The number of para-hydroxylation sites is 1. The Morgan fingerprint density at radius 1 is 1.11 bits per heavy atom. The number of nitrogens with zero attached hydrogens (tertiary/aromatic N) is 1. The topological polar surface area (TPSA) is 50.4 Å². The smallest absolute Gasteiger partial charge is 0.123 e. The number of nitrogens with two attached hydrogens (primary N) is 1. The van der Waals surface area contributed by atoms with Crippen molar-refractivity contribution < 1.29 is 4.39 Å². The summed E-state index contributed by atoms with van der Waals surface area (Å²) in [5.41, 5.74) is 4.18. The van der Waals surface area contributed by atoms with Crippen molar-refractivity contribution in [2.24, 2.45) is 10.8 Å². The Morgan fingerprint density at radius 3 is 2.56 bits per heavy atom. The average molecular weight is 243 g/mol. The van der Waals surface area contributed by atoms with E-state index in [2.05, 4.69) is 10.4 Å². The Hall–Kier alpha value is -2.20. The fraction of sp³-hybridized carbons (Fsp3) is 0.0714. The second kappa shape index (κ2) is 5.93. The van der Waals surface area contributed by atoms with E-state index in [9.17, 15) is 4.39 Å². The third kappa shape index (κ3) is 3.40. The summed E-state index contributed by atoms with van der Waals surface area (Å²) in [7, 11) is 0. The zero-order valence-corrected chi connectivity index (χ0v) is 9.81. The molecule has 0 aromatic heterocycles. The molecular formula is C14H14FN3. The van der Waals surface area contributed by atoms with E-state index in [1.807, 2.05) is 36.4 Å². The molecule has 0 radical (unpaired) electrons. The molecule has 0 atom stereocenters. The molecule has 3 nitrogen and oxygen atoms in total. The summed E-state index contributed by atoms with van der Waals surface area (Å²) in [5, 5.41) is 0. The molecule has 0 spiro atoms. The SMILES string of the molecule is NNC(Cc1cccc(F)c1)=Nc1ccccc1. The molecule has 0 aliphatic carbocycles. The lowest BCUT2D eigenvalue weighted by Gasteiger charge is -2.06. The summed E-state index contributed by atoms with van der Waals surface area (Å²) in [6, 6.07) is 15.9. The molecule has 0 saturated heterocycles. The van der Waals surface area contributed by atoms with Crippen LogP contribution in [0.15, 0.2) is 59.6 Å². The van der Waals surface area contributed by atoms with Crippen LogP contribution in [0.4, 0.5) is 10.1 Å². The van der Waals surface area contributed by atoms with Gasteiger partial charge in [-0.3, -0.25) is 0 Å². The van der Waals surface area contributed by atoms with Crippen molar-refractivity contribution >= 4 is 11.5 Å². The fourth-order valence-electron chi connectivity index (χ4n) is 1.62. The number of benzene rings is 2. The highest BCUT2D eigenvalue weighted by Crippen LogP contribution is 2.11. The lowest BCUT2D eigenvalue weighted by Crippen LogP contribution is -2.31. The summed E-state index contributed by atoms with van der Waals surface area (Å²) >= 11 is 0. The summed E-state index contributed by atoms with van der Waals surface area (Å²) < 4.78 is 13.1. The quantitative estimate of drug-likeness (QED) is 0.377. The number of amidine groups is 1. The van der Waals surface area contributed by atoms with Crippen LogP contribution in [-0.4, -0.2) is 5.84 Å². The van der Waals surface area contributed by atoms with Gasteiger partial charge in [-0.15, -0.1) is 0 Å². The van der Waals surface area contributed by atoms with Crippen LogP contribution in [0.2, 0.25) is 0 Å². The molecule has 0 fully saturated rings. The number of hydrogen-bond acceptors (Lipinski definition) is 2. The minimum Gasteiger partial charge on any atom is -0.312 e. The van der Waals surface area contributed by atoms with Crippen LogP contribution < -0.4 is 11.3 Å². The van der Waals surface area contributed by atoms with Gasteiger partial charge < -0.3 is 5.43 Å². The van der Waals surface area contributed by atoms with Crippen LogP contribution in [0.5, 0.6) is 0 Å². The van der Waals surface area contributed by atoms with Gasteiger partial charge in [-0.1, -0.05) is 30.3 Å². The molecule has 4 heteroatoms. The Labute approximate surface area is 105 Å². The molecule has 3 N–H and O–H groups in total. The van der Waals surface area contributed by atoms with Crippen LogP contribution in [0.3, 0.4) is 0 Å². The number of hydrogen-bond donors (Lipinski definition) is 2. The summed E-state index contributed by atoms with van der Waals surface area (Å²) in [5.74, 6) is 5.76. The Kier molecular flexibility index (Phi) is 4.04. The van der Waals surface area contributed by atoms with Gasteiger partial charge in [0, 0.05) is 6.42 Å². The molecule has 18 heavy (non-hydrogen) atoms. The van der Waals surface area contributed by atoms with Gasteiger partial charge >= 0.3 is 0 Å². The van der Waals surface area contributed by atoms with Gasteiger partial charge in [-0.05, 0) is 29.8 Å². The van der Waals surface area contributed by atoms with E-state index in [0.29, 0.717) is 12.3 Å². The molecule has 0 unspecified atom stereocenters. The van der Waals surface area contributed by atoms with E-state index in [1.165, 1.54) is 12.1 Å². The van der Waals surface area contributed by atoms with Crippen LogP contribution in [0.1, 0.15) is 5.56 Å². The van der Waals surface area contributed by atoms with Crippen LogP contribution in [0, 0.1) is 5.82 Å². The Morgan fingerprint density at radius 2 is 1.89 bits per heavy atom. The van der Waals surface area contributed by atoms with E-state index in [4.69, 9.17) is 5.84 Å². The van der Waals surface area contributed by atoms with Crippen molar-refractivity contribution in [3.05, 3.63) is 66.0 Å². The Balaban J connectivity index is 2.17. The molecule has 0 saturated carbocycles. The van der Waals surface area contributed by atoms with Crippen LogP contribution >= 0.6 is 0 Å². The van der Waals surface area contributed by atoms with E-state index in [0.717, 1.165) is 11.3 Å². The van der Waals surface area contributed by atoms with Crippen molar-refractivity contribution in [3.8, 4) is 0 Å². The maximum absolute atomic E-state index is 13.1. The van der Waals surface area contributed by atoms with Gasteiger partial charge in [-0.25, -0.2) is 15.2 Å². The first-order valence-electron chi connectivity index (χ1n) is 5.61. The molecule has 0 heterocycles. The van der Waals surface area contributed by atoms with E-state index < -0.39 is 0 Å². The third-order valence-corrected chi connectivity index (χ3v) is 2.45. The van der Waals surface area contributed by atoms with Crippen LogP contribution in [-0.2, 0) is 6.42 Å². The number of rotatable bonds is 3. The van der Waals surface area contributed by atoms with Crippen molar-refractivity contribution in [1.29, 1.82) is 0 Å². The van der Waals surface area contributed by atoms with Crippen molar-refractivity contribution in [1.82, 2.24) is 5.43 Å². The lowest BCUT2D eigenvalue weighted by molar-refractivity contribution is 0.626. The maximum Gasteiger partial charge on any atom is 0.123 e. The molecule has 0 bridgehead atoms. The zero-order chi connectivity index (χ0) is 12.8. The van der Waals surface area contributed by atoms with Crippen LogP contribution in [0.25, 0.3) is 0 Å². The number of aliphatic imine (C=N–C) groups is 1. The number of nitrogens with one attached hydrogen (secondary N) is 1. The van der Waals surface area contributed by atoms with E-state index in [-0.39, 0.29) is 5.82 Å². The van der Waals surface area contributed by atoms with E-state index >= 15 is 0 Å². The molecule has 2 aromatic rings. The zero-order valence-electron chi connectivity index (χ0n) is 9.81. The largest absolute Gasteiger partial charge is 0.312 e. The van der Waals surface area contributed by atoms with Crippen molar-refractivity contribution in [2.75, 3.05) is 0 Å². The molecule has 0 aliphatic rings. The minimum atomic E-state index is -0.261. The number of hydrazine groups is 1. The van der Waals surface area contributed by atoms with Gasteiger partial charge in [-0.2, -0.15) is 0 Å². The average Bonchev–Trinajstić information content (AvgIpc) is 2.39. The minimum absolute atomic E-state index is 0.261. The first-order valence-corrected chi connectivity index (χ1v) is 5.61. The van der Waals surface area contributed by atoms with E-state index in [1.54, 1.807) is 6.07 Å². The lowest BCUT2D eigenvalue weighted by atomic mass is 10.1. The predicted octanol–water partition coefficient (Wildman–Crippen LogP) is 2.56. The number of halogens is 1. The summed E-state index contributed by atoms with van der Waals surface area (Å²) in [4.78, 5) is 4.36. The molecule has 0 amide bonds.